The average Bonchev–Trinajstić information content (AvgIpc) is 2.91. The van der Waals surface area contributed by atoms with Crippen LogP contribution in [-0.2, 0) is 15.6 Å². The summed E-state index contributed by atoms with van der Waals surface area (Å²) in [5.41, 5.74) is 4.39. The number of diazo groups is 1. The minimum absolute atomic E-state index is 0.0256. The van der Waals surface area contributed by atoms with Crippen molar-refractivity contribution in [3.8, 4) is 5.75 Å². The van der Waals surface area contributed by atoms with E-state index in [0.717, 1.165) is 50.5 Å². The van der Waals surface area contributed by atoms with Crippen LogP contribution in [0.5, 0.6) is 5.75 Å². The van der Waals surface area contributed by atoms with Gasteiger partial charge in [-0.2, -0.15) is 0 Å². The van der Waals surface area contributed by atoms with Crippen molar-refractivity contribution in [3.05, 3.63) is 58.6 Å². The van der Waals surface area contributed by atoms with Crippen molar-refractivity contribution in [3.63, 3.8) is 0 Å². The van der Waals surface area contributed by atoms with E-state index >= 15 is 0 Å². The Hall–Kier alpha value is -3.07. The Morgan fingerprint density at radius 1 is 0.944 bits per heavy atom. The first-order valence-corrected chi connectivity index (χ1v) is 13.4. The van der Waals surface area contributed by atoms with Crippen molar-refractivity contribution in [2.24, 2.45) is 0 Å². The molecule has 1 aliphatic rings. The maximum atomic E-state index is 12.8. The number of rotatable bonds is 10. The summed E-state index contributed by atoms with van der Waals surface area (Å²) in [6.45, 7) is 17.2. The van der Waals surface area contributed by atoms with Gasteiger partial charge in [0.2, 0.25) is 11.3 Å². The van der Waals surface area contributed by atoms with E-state index in [9.17, 15) is 4.79 Å². The molecule has 3 rings (SSSR count). The lowest BCUT2D eigenvalue weighted by atomic mass is 9.76. The van der Waals surface area contributed by atoms with E-state index in [0.29, 0.717) is 25.1 Å². The highest BCUT2D eigenvalue weighted by Gasteiger charge is 2.27. The fourth-order valence-electron chi connectivity index (χ4n) is 4.51. The van der Waals surface area contributed by atoms with Gasteiger partial charge in [0.1, 0.15) is 5.75 Å². The van der Waals surface area contributed by atoms with Crippen LogP contribution < -0.4 is 9.64 Å². The van der Waals surface area contributed by atoms with Crippen LogP contribution in [0.4, 0.5) is 11.4 Å². The van der Waals surface area contributed by atoms with Gasteiger partial charge in [-0.25, -0.2) is 0 Å². The first-order chi connectivity index (χ1) is 17.1. The second kappa shape index (κ2) is 11.8. The predicted octanol–water partition coefficient (Wildman–Crippen LogP) is 7.05. The molecule has 194 valence electrons. The van der Waals surface area contributed by atoms with Gasteiger partial charge >= 0.3 is 5.69 Å². The van der Waals surface area contributed by atoms with Crippen molar-refractivity contribution in [1.82, 2.24) is 4.90 Å². The lowest BCUT2D eigenvalue weighted by molar-refractivity contribution is -0.131. The van der Waals surface area contributed by atoms with Crippen molar-refractivity contribution in [2.45, 2.75) is 78.1 Å². The average molecular weight is 492 g/mol. The molecule has 36 heavy (non-hydrogen) atoms. The molecule has 0 unspecified atom stereocenters. The van der Waals surface area contributed by atoms with Crippen LogP contribution >= 0.6 is 0 Å². The molecule has 2 aromatic carbocycles. The molecule has 6 nitrogen and oxygen atoms in total. The molecule has 0 aliphatic carbocycles. The zero-order chi connectivity index (χ0) is 26.3. The Morgan fingerprint density at radius 2 is 1.58 bits per heavy atom. The Morgan fingerprint density at radius 3 is 2.17 bits per heavy atom. The van der Waals surface area contributed by atoms with Crippen LogP contribution in [0.2, 0.25) is 0 Å². The molecule has 1 heterocycles. The quantitative estimate of drug-likeness (QED) is 0.264. The molecular formula is C30H43N4O2+. The SMILES string of the molecule is CCC(C)(C)c1ccc(OCCCC(=O)N2CCN(c3ccc([N+]#N)cc3)CC2)c(C(C)(C)CC)c1. The van der Waals surface area contributed by atoms with Gasteiger partial charge in [0.25, 0.3) is 0 Å². The lowest BCUT2D eigenvalue weighted by Crippen LogP contribution is -2.48. The van der Waals surface area contributed by atoms with Crippen LogP contribution in [-0.4, -0.2) is 43.6 Å². The van der Waals surface area contributed by atoms with Gasteiger partial charge < -0.3 is 14.5 Å². The number of amides is 1. The Labute approximate surface area is 217 Å². The summed E-state index contributed by atoms with van der Waals surface area (Å²) in [6.07, 6.45) is 3.33. The largest absolute Gasteiger partial charge is 0.493 e. The van der Waals surface area contributed by atoms with E-state index in [1.54, 1.807) is 12.1 Å². The van der Waals surface area contributed by atoms with Gasteiger partial charge in [-0.1, -0.05) is 53.7 Å². The third kappa shape index (κ3) is 6.57. The Bertz CT molecular complexity index is 1060. The van der Waals surface area contributed by atoms with Gasteiger partial charge in [0.15, 0.2) is 4.98 Å². The molecule has 2 aromatic rings. The highest BCUT2D eigenvalue weighted by Crippen LogP contribution is 2.38. The standard InChI is InChI=1S/C30H43N4O2/c1-7-29(3,4)23-11-16-27(26(22-23)30(5,6)8-2)36-21-9-10-28(35)34-19-17-33(18-20-34)25-14-12-24(32-31)13-15-25/h11-16,22H,7-10,17-21H2,1-6H3/q+1. The second-order valence-corrected chi connectivity index (χ2v) is 11.1. The van der Waals surface area contributed by atoms with Crippen LogP contribution in [0.15, 0.2) is 42.5 Å². The molecule has 0 radical (unpaired) electrons. The molecule has 1 saturated heterocycles. The summed E-state index contributed by atoms with van der Waals surface area (Å²) in [5, 5.41) is 8.86. The molecule has 0 atom stereocenters. The number of benzene rings is 2. The highest BCUT2D eigenvalue weighted by molar-refractivity contribution is 5.76. The third-order valence-corrected chi connectivity index (χ3v) is 8.01. The van der Waals surface area contributed by atoms with E-state index < -0.39 is 0 Å². The van der Waals surface area contributed by atoms with Gasteiger partial charge in [-0.15, -0.1) is 0 Å². The molecular weight excluding hydrogens is 448 g/mol. The summed E-state index contributed by atoms with van der Waals surface area (Å²) >= 11 is 0. The van der Waals surface area contributed by atoms with E-state index in [4.69, 9.17) is 10.1 Å². The monoisotopic (exact) mass is 491 g/mol. The summed E-state index contributed by atoms with van der Waals surface area (Å²) in [7, 11) is 0. The smallest absolute Gasteiger partial charge is 0.385 e. The molecule has 0 bridgehead atoms. The maximum absolute atomic E-state index is 12.8. The maximum Gasteiger partial charge on any atom is 0.385 e. The highest BCUT2D eigenvalue weighted by atomic mass is 16.5. The Kier molecular flexibility index (Phi) is 9.00. The molecule has 1 amide bonds. The molecule has 0 aromatic heterocycles. The van der Waals surface area contributed by atoms with Crippen LogP contribution in [0.25, 0.3) is 4.98 Å². The zero-order valence-electron chi connectivity index (χ0n) is 23.0. The number of ether oxygens (including phenoxy) is 1. The topological polar surface area (TPSA) is 60.9 Å². The van der Waals surface area contributed by atoms with Crippen molar-refractivity contribution < 1.29 is 9.53 Å². The first-order valence-electron chi connectivity index (χ1n) is 13.4. The van der Waals surface area contributed by atoms with E-state index in [1.807, 2.05) is 17.0 Å². The minimum Gasteiger partial charge on any atom is -0.493 e. The number of hydrogen-bond acceptors (Lipinski definition) is 4. The molecule has 0 spiro atoms. The molecule has 1 aliphatic heterocycles. The van der Waals surface area contributed by atoms with Crippen LogP contribution in [0, 0.1) is 5.39 Å². The summed E-state index contributed by atoms with van der Waals surface area (Å²) in [4.78, 5) is 20.2. The van der Waals surface area contributed by atoms with E-state index in [1.165, 1.54) is 11.1 Å². The Balaban J connectivity index is 1.52. The lowest BCUT2D eigenvalue weighted by Gasteiger charge is -2.36. The molecule has 6 heteroatoms. The van der Waals surface area contributed by atoms with Gasteiger partial charge in [-0.3, -0.25) is 4.79 Å². The fraction of sp³-hybridized carbons (Fsp3) is 0.567. The molecule has 0 saturated carbocycles. The fourth-order valence-corrected chi connectivity index (χ4v) is 4.51. The summed E-state index contributed by atoms with van der Waals surface area (Å²) in [6, 6.07) is 14.1. The molecule has 0 N–H and O–H groups in total. The number of nitrogens with zero attached hydrogens (tertiary/aromatic N) is 4. The van der Waals surface area contributed by atoms with E-state index in [-0.39, 0.29) is 16.7 Å². The van der Waals surface area contributed by atoms with E-state index in [2.05, 4.69) is 69.6 Å². The summed E-state index contributed by atoms with van der Waals surface area (Å²) < 4.78 is 6.25. The second-order valence-electron chi connectivity index (χ2n) is 11.1. The molecule has 1 fully saturated rings. The normalized spacial score (nSPS) is 14.5. The third-order valence-electron chi connectivity index (χ3n) is 8.01. The van der Waals surface area contributed by atoms with Gasteiger partial charge in [0.05, 0.1) is 6.61 Å². The zero-order valence-corrected chi connectivity index (χ0v) is 23.0. The number of piperazine rings is 1. The van der Waals surface area contributed by atoms with Crippen LogP contribution in [0.1, 0.15) is 78.4 Å². The number of hydrogen-bond donors (Lipinski definition) is 0. The minimum atomic E-state index is 0.0256. The van der Waals surface area contributed by atoms with Crippen molar-refractivity contribution in [2.75, 3.05) is 37.7 Å². The van der Waals surface area contributed by atoms with Gasteiger partial charge in [0, 0.05) is 56.0 Å². The van der Waals surface area contributed by atoms with Crippen molar-refractivity contribution >= 4 is 17.3 Å². The number of carbonyl (C=O) groups excluding carboxylic acids is 1. The number of carbonyl (C=O) groups is 1. The number of anilines is 1. The van der Waals surface area contributed by atoms with Crippen molar-refractivity contribution in [1.29, 1.82) is 5.39 Å². The predicted molar refractivity (Wildman–Crippen MR) is 148 cm³/mol. The first kappa shape index (κ1) is 27.5. The summed E-state index contributed by atoms with van der Waals surface area (Å²) in [5.74, 6) is 1.14. The van der Waals surface area contributed by atoms with Gasteiger partial charge in [-0.05, 0) is 53.9 Å². The van der Waals surface area contributed by atoms with Crippen LogP contribution in [0.3, 0.4) is 0 Å².